The van der Waals surface area contributed by atoms with Gasteiger partial charge in [0, 0.05) is 22.3 Å². The molecule has 3 aromatic carbocycles. The van der Waals surface area contributed by atoms with Gasteiger partial charge in [0.1, 0.15) is 0 Å². The summed E-state index contributed by atoms with van der Waals surface area (Å²) in [6.45, 7) is 0.475. The van der Waals surface area contributed by atoms with Crippen molar-refractivity contribution in [3.63, 3.8) is 0 Å². The third kappa shape index (κ3) is 4.37. The van der Waals surface area contributed by atoms with E-state index in [4.69, 9.17) is 27.9 Å². The van der Waals surface area contributed by atoms with Crippen molar-refractivity contribution in [2.45, 2.75) is 6.54 Å². The average Bonchev–Trinajstić information content (AvgIpc) is 2.65. The zero-order valence-electron chi connectivity index (χ0n) is 14.1. The van der Waals surface area contributed by atoms with E-state index in [1.165, 1.54) is 7.11 Å². The van der Waals surface area contributed by atoms with E-state index in [2.05, 4.69) is 5.32 Å². The van der Waals surface area contributed by atoms with Crippen LogP contribution in [0.1, 0.15) is 15.9 Å². The van der Waals surface area contributed by atoms with Crippen LogP contribution in [0.2, 0.25) is 10.0 Å². The minimum absolute atomic E-state index is 0.392. The first-order chi connectivity index (χ1) is 12.6. The number of carbonyl (C=O) groups is 1. The van der Waals surface area contributed by atoms with Crippen LogP contribution >= 0.6 is 23.2 Å². The van der Waals surface area contributed by atoms with Crippen molar-refractivity contribution in [1.82, 2.24) is 0 Å². The molecule has 0 aromatic heterocycles. The van der Waals surface area contributed by atoms with Gasteiger partial charge in [-0.2, -0.15) is 0 Å². The van der Waals surface area contributed by atoms with E-state index in [1.54, 1.807) is 12.1 Å². The second kappa shape index (κ2) is 8.26. The number of hydrogen-bond acceptors (Lipinski definition) is 3. The summed E-state index contributed by atoms with van der Waals surface area (Å²) in [4.78, 5) is 12.1. The largest absolute Gasteiger partial charge is 0.465 e. The Morgan fingerprint density at radius 2 is 1.62 bits per heavy atom. The molecule has 0 heterocycles. The SMILES string of the molecule is COC(=O)c1ccc(-c2ccccc2)cc1NCc1cc(Cl)cc(Cl)c1. The van der Waals surface area contributed by atoms with E-state index in [0.717, 1.165) is 16.7 Å². The van der Waals surface area contributed by atoms with Crippen LogP contribution in [-0.2, 0) is 11.3 Å². The van der Waals surface area contributed by atoms with Crippen molar-refractivity contribution < 1.29 is 9.53 Å². The number of halogens is 2. The van der Waals surface area contributed by atoms with Gasteiger partial charge in [0.2, 0.25) is 0 Å². The van der Waals surface area contributed by atoms with E-state index in [1.807, 2.05) is 54.6 Å². The fraction of sp³-hybridized carbons (Fsp3) is 0.0952. The molecule has 0 amide bonds. The number of carbonyl (C=O) groups excluding carboxylic acids is 1. The lowest BCUT2D eigenvalue weighted by molar-refractivity contribution is 0.0602. The van der Waals surface area contributed by atoms with Crippen LogP contribution in [0.15, 0.2) is 66.7 Å². The van der Waals surface area contributed by atoms with Crippen molar-refractivity contribution in [3.05, 3.63) is 87.9 Å². The summed E-state index contributed by atoms with van der Waals surface area (Å²) in [5.41, 5.74) is 4.15. The Kier molecular flexibility index (Phi) is 5.82. The Balaban J connectivity index is 1.93. The number of methoxy groups -OCH3 is 1. The number of anilines is 1. The number of benzene rings is 3. The monoisotopic (exact) mass is 385 g/mol. The summed E-state index contributed by atoms with van der Waals surface area (Å²) in [5.74, 6) is -0.392. The molecule has 0 saturated carbocycles. The summed E-state index contributed by atoms with van der Waals surface area (Å²) >= 11 is 12.1. The van der Waals surface area contributed by atoms with Crippen LogP contribution in [0.4, 0.5) is 5.69 Å². The van der Waals surface area contributed by atoms with Gasteiger partial charge >= 0.3 is 5.97 Å². The molecule has 0 radical (unpaired) electrons. The number of nitrogens with one attached hydrogen (secondary N) is 1. The molecule has 3 rings (SSSR count). The third-order valence-electron chi connectivity index (χ3n) is 3.94. The molecule has 0 fully saturated rings. The summed E-state index contributed by atoms with van der Waals surface area (Å²) in [5, 5.41) is 4.43. The van der Waals surface area contributed by atoms with E-state index < -0.39 is 5.97 Å². The Morgan fingerprint density at radius 1 is 0.923 bits per heavy atom. The molecule has 0 aliphatic rings. The minimum Gasteiger partial charge on any atom is -0.465 e. The summed E-state index contributed by atoms with van der Waals surface area (Å²) in [6.07, 6.45) is 0. The lowest BCUT2D eigenvalue weighted by Gasteiger charge is -2.13. The highest BCUT2D eigenvalue weighted by Crippen LogP contribution is 2.27. The molecule has 0 bridgehead atoms. The van der Waals surface area contributed by atoms with E-state index in [0.29, 0.717) is 27.8 Å². The van der Waals surface area contributed by atoms with Crippen molar-refractivity contribution >= 4 is 34.9 Å². The van der Waals surface area contributed by atoms with Gasteiger partial charge in [0.25, 0.3) is 0 Å². The maximum atomic E-state index is 12.1. The average molecular weight is 386 g/mol. The van der Waals surface area contributed by atoms with Crippen LogP contribution in [0, 0.1) is 0 Å². The van der Waals surface area contributed by atoms with Crippen molar-refractivity contribution in [2.24, 2.45) is 0 Å². The molecule has 0 unspecified atom stereocenters. The summed E-state index contributed by atoms with van der Waals surface area (Å²) in [6, 6.07) is 20.9. The molecule has 26 heavy (non-hydrogen) atoms. The molecular weight excluding hydrogens is 369 g/mol. The predicted molar refractivity (Wildman–Crippen MR) is 107 cm³/mol. The quantitative estimate of drug-likeness (QED) is 0.542. The third-order valence-corrected chi connectivity index (χ3v) is 4.37. The first-order valence-corrected chi connectivity index (χ1v) is 8.79. The van der Waals surface area contributed by atoms with Crippen molar-refractivity contribution in [2.75, 3.05) is 12.4 Å². The smallest absolute Gasteiger partial charge is 0.339 e. The Hall–Kier alpha value is -2.49. The van der Waals surface area contributed by atoms with E-state index in [9.17, 15) is 4.79 Å². The normalized spacial score (nSPS) is 10.4. The second-order valence-electron chi connectivity index (χ2n) is 5.75. The molecule has 5 heteroatoms. The molecule has 132 valence electrons. The zero-order valence-corrected chi connectivity index (χ0v) is 15.6. The summed E-state index contributed by atoms with van der Waals surface area (Å²) in [7, 11) is 1.37. The van der Waals surface area contributed by atoms with Gasteiger partial charge in [-0.3, -0.25) is 0 Å². The highest BCUT2D eigenvalue weighted by Gasteiger charge is 2.13. The molecule has 0 spiro atoms. The highest BCUT2D eigenvalue weighted by atomic mass is 35.5. The van der Waals surface area contributed by atoms with Crippen LogP contribution in [0.3, 0.4) is 0 Å². The maximum Gasteiger partial charge on any atom is 0.339 e. The molecule has 0 saturated heterocycles. The lowest BCUT2D eigenvalue weighted by Crippen LogP contribution is -2.08. The molecule has 0 aliphatic heterocycles. The van der Waals surface area contributed by atoms with Gasteiger partial charge < -0.3 is 10.1 Å². The fourth-order valence-corrected chi connectivity index (χ4v) is 3.27. The van der Waals surface area contributed by atoms with Gasteiger partial charge in [-0.1, -0.05) is 59.6 Å². The minimum atomic E-state index is -0.392. The second-order valence-corrected chi connectivity index (χ2v) is 6.62. The molecule has 0 atom stereocenters. The van der Waals surface area contributed by atoms with Crippen molar-refractivity contribution in [1.29, 1.82) is 0 Å². The lowest BCUT2D eigenvalue weighted by atomic mass is 10.0. The Labute approximate surface area is 162 Å². The Bertz CT molecular complexity index is 906. The van der Waals surface area contributed by atoms with E-state index >= 15 is 0 Å². The number of hydrogen-bond donors (Lipinski definition) is 1. The molecular formula is C21H17Cl2NO2. The van der Waals surface area contributed by atoms with Gasteiger partial charge in [0.05, 0.1) is 12.7 Å². The topological polar surface area (TPSA) is 38.3 Å². The maximum absolute atomic E-state index is 12.1. The highest BCUT2D eigenvalue weighted by molar-refractivity contribution is 6.34. The van der Waals surface area contributed by atoms with Gasteiger partial charge in [0.15, 0.2) is 0 Å². The number of esters is 1. The molecule has 3 nitrogen and oxygen atoms in total. The van der Waals surface area contributed by atoms with Gasteiger partial charge in [-0.25, -0.2) is 4.79 Å². The number of ether oxygens (including phenoxy) is 1. The first-order valence-electron chi connectivity index (χ1n) is 8.03. The number of rotatable bonds is 5. The molecule has 1 N–H and O–H groups in total. The first kappa shape index (κ1) is 18.3. The van der Waals surface area contributed by atoms with E-state index in [-0.39, 0.29) is 0 Å². The van der Waals surface area contributed by atoms with Crippen LogP contribution < -0.4 is 5.32 Å². The predicted octanol–water partition coefficient (Wildman–Crippen LogP) is 6.06. The van der Waals surface area contributed by atoms with Crippen LogP contribution in [0.5, 0.6) is 0 Å². The Morgan fingerprint density at radius 3 is 2.27 bits per heavy atom. The van der Waals surface area contributed by atoms with Gasteiger partial charge in [-0.05, 0) is 47.0 Å². The van der Waals surface area contributed by atoms with Crippen LogP contribution in [0.25, 0.3) is 11.1 Å². The van der Waals surface area contributed by atoms with Crippen LogP contribution in [-0.4, -0.2) is 13.1 Å². The molecule has 3 aromatic rings. The fourth-order valence-electron chi connectivity index (χ4n) is 2.70. The zero-order chi connectivity index (χ0) is 18.5. The van der Waals surface area contributed by atoms with Gasteiger partial charge in [-0.15, -0.1) is 0 Å². The standard InChI is InChI=1S/C21H17Cl2NO2/c1-26-21(25)19-8-7-16(15-5-3-2-4-6-15)11-20(19)24-13-14-9-17(22)12-18(23)10-14/h2-12,24H,13H2,1H3. The molecule has 0 aliphatic carbocycles. The summed E-state index contributed by atoms with van der Waals surface area (Å²) < 4.78 is 4.89. The van der Waals surface area contributed by atoms with Crippen molar-refractivity contribution in [3.8, 4) is 11.1 Å².